The number of rotatable bonds is 7. The number of hydrogen-bond acceptors (Lipinski definition) is 5. The van der Waals surface area contributed by atoms with E-state index in [1.807, 2.05) is 13.0 Å². The van der Waals surface area contributed by atoms with Crippen LogP contribution in [0.25, 0.3) is 0 Å². The third-order valence-corrected chi connectivity index (χ3v) is 5.01. The lowest BCUT2D eigenvalue weighted by Gasteiger charge is -2.12. The van der Waals surface area contributed by atoms with Crippen molar-refractivity contribution in [3.63, 3.8) is 0 Å². The molecule has 1 saturated heterocycles. The third kappa shape index (κ3) is 5.22. The quantitative estimate of drug-likeness (QED) is 0.812. The molecule has 0 saturated carbocycles. The van der Waals surface area contributed by atoms with Gasteiger partial charge in [0.25, 0.3) is 5.91 Å². The second-order valence-corrected chi connectivity index (χ2v) is 7.51. The van der Waals surface area contributed by atoms with Crippen LogP contribution in [0.2, 0.25) is 0 Å². The van der Waals surface area contributed by atoms with Crippen molar-refractivity contribution < 1.29 is 22.7 Å². The first-order chi connectivity index (χ1) is 10.5. The fourth-order valence-electron chi connectivity index (χ4n) is 2.20. The van der Waals surface area contributed by atoms with E-state index >= 15 is 0 Å². The molecule has 22 heavy (non-hydrogen) atoms. The minimum Gasteiger partial charge on any atom is -0.493 e. The van der Waals surface area contributed by atoms with E-state index in [-0.39, 0.29) is 30.1 Å². The molecule has 0 bridgehead atoms. The summed E-state index contributed by atoms with van der Waals surface area (Å²) in [6.07, 6.45) is 1.38. The van der Waals surface area contributed by atoms with Crippen LogP contribution in [0.5, 0.6) is 11.5 Å². The van der Waals surface area contributed by atoms with Crippen LogP contribution in [0.15, 0.2) is 24.3 Å². The van der Waals surface area contributed by atoms with Crippen LogP contribution in [0.1, 0.15) is 19.8 Å². The molecule has 1 fully saturated rings. The standard InChI is InChI=1S/C15H21NO5S/c1-2-7-20-13-4-3-5-14(9-13)21-10-15(17)16-12-6-8-22(18,19)11-12/h3-5,9,12H,2,6-8,10-11H2,1H3,(H,16,17). The molecule has 7 heteroatoms. The van der Waals surface area contributed by atoms with E-state index in [2.05, 4.69) is 5.32 Å². The number of amides is 1. The molecule has 1 aliphatic rings. The minimum absolute atomic E-state index is 0.0130. The van der Waals surface area contributed by atoms with Crippen molar-refractivity contribution in [1.82, 2.24) is 5.32 Å². The molecule has 1 aromatic carbocycles. The van der Waals surface area contributed by atoms with Crippen molar-refractivity contribution in [1.29, 1.82) is 0 Å². The van der Waals surface area contributed by atoms with Gasteiger partial charge in [-0.2, -0.15) is 0 Å². The van der Waals surface area contributed by atoms with Crippen molar-refractivity contribution in [2.75, 3.05) is 24.7 Å². The van der Waals surface area contributed by atoms with Gasteiger partial charge in [-0.15, -0.1) is 0 Å². The maximum Gasteiger partial charge on any atom is 0.258 e. The summed E-state index contributed by atoms with van der Waals surface area (Å²) < 4.78 is 33.6. The Bertz CT molecular complexity index is 614. The molecule has 0 aromatic heterocycles. The fourth-order valence-corrected chi connectivity index (χ4v) is 3.87. The van der Waals surface area contributed by atoms with Crippen LogP contribution >= 0.6 is 0 Å². The van der Waals surface area contributed by atoms with Crippen LogP contribution in [-0.2, 0) is 14.6 Å². The summed E-state index contributed by atoms with van der Waals surface area (Å²) in [7, 11) is -2.99. The van der Waals surface area contributed by atoms with Gasteiger partial charge in [-0.1, -0.05) is 13.0 Å². The lowest BCUT2D eigenvalue weighted by atomic mass is 10.2. The monoisotopic (exact) mass is 327 g/mol. The van der Waals surface area contributed by atoms with E-state index in [1.165, 1.54) is 0 Å². The van der Waals surface area contributed by atoms with E-state index < -0.39 is 9.84 Å². The zero-order valence-corrected chi connectivity index (χ0v) is 13.4. The van der Waals surface area contributed by atoms with Crippen LogP contribution < -0.4 is 14.8 Å². The molecule has 1 amide bonds. The van der Waals surface area contributed by atoms with Gasteiger partial charge in [-0.25, -0.2) is 8.42 Å². The van der Waals surface area contributed by atoms with Gasteiger partial charge >= 0.3 is 0 Å². The largest absolute Gasteiger partial charge is 0.493 e. The van der Waals surface area contributed by atoms with Crippen molar-refractivity contribution in [2.45, 2.75) is 25.8 Å². The van der Waals surface area contributed by atoms with Gasteiger partial charge < -0.3 is 14.8 Å². The van der Waals surface area contributed by atoms with Crippen molar-refractivity contribution in [3.05, 3.63) is 24.3 Å². The lowest BCUT2D eigenvalue weighted by molar-refractivity contribution is -0.123. The number of benzene rings is 1. The Morgan fingerprint density at radius 1 is 1.32 bits per heavy atom. The van der Waals surface area contributed by atoms with Gasteiger partial charge in [0.1, 0.15) is 11.5 Å². The summed E-state index contributed by atoms with van der Waals surface area (Å²) >= 11 is 0. The molecule has 122 valence electrons. The number of sulfone groups is 1. The Kier molecular flexibility index (Phi) is 5.65. The van der Waals surface area contributed by atoms with Crippen molar-refractivity contribution >= 4 is 15.7 Å². The number of ether oxygens (including phenoxy) is 2. The summed E-state index contributed by atoms with van der Waals surface area (Å²) in [4.78, 5) is 11.8. The highest BCUT2D eigenvalue weighted by Crippen LogP contribution is 2.19. The highest BCUT2D eigenvalue weighted by Gasteiger charge is 2.28. The predicted octanol–water partition coefficient (Wildman–Crippen LogP) is 1.16. The molecule has 1 N–H and O–H groups in total. The number of carbonyl (C=O) groups is 1. The molecular weight excluding hydrogens is 306 g/mol. The second-order valence-electron chi connectivity index (χ2n) is 5.28. The lowest BCUT2D eigenvalue weighted by Crippen LogP contribution is -2.38. The molecule has 1 atom stereocenters. The van der Waals surface area contributed by atoms with Crippen LogP contribution in [0.3, 0.4) is 0 Å². The average molecular weight is 327 g/mol. The van der Waals surface area contributed by atoms with Gasteiger partial charge in [0.05, 0.1) is 18.1 Å². The maximum atomic E-state index is 11.8. The molecule has 2 rings (SSSR count). The van der Waals surface area contributed by atoms with Crippen LogP contribution in [0.4, 0.5) is 0 Å². The first-order valence-electron chi connectivity index (χ1n) is 7.34. The second kappa shape index (κ2) is 7.49. The average Bonchev–Trinajstić information content (AvgIpc) is 2.82. The van der Waals surface area contributed by atoms with Gasteiger partial charge in [-0.05, 0) is 25.0 Å². The van der Waals surface area contributed by atoms with Gasteiger partial charge in [-0.3, -0.25) is 4.79 Å². The van der Waals surface area contributed by atoms with E-state index in [0.29, 0.717) is 24.5 Å². The number of hydrogen-bond donors (Lipinski definition) is 1. The van der Waals surface area contributed by atoms with Gasteiger partial charge in [0, 0.05) is 12.1 Å². The summed E-state index contributed by atoms with van der Waals surface area (Å²) in [5.41, 5.74) is 0. The van der Waals surface area contributed by atoms with Crippen molar-refractivity contribution in [3.8, 4) is 11.5 Å². The van der Waals surface area contributed by atoms with E-state index in [9.17, 15) is 13.2 Å². The Morgan fingerprint density at radius 2 is 2.05 bits per heavy atom. The molecule has 1 aliphatic heterocycles. The Morgan fingerprint density at radius 3 is 2.68 bits per heavy atom. The van der Waals surface area contributed by atoms with Gasteiger partial charge in [0.15, 0.2) is 16.4 Å². The molecule has 6 nitrogen and oxygen atoms in total. The predicted molar refractivity (Wildman–Crippen MR) is 82.9 cm³/mol. The third-order valence-electron chi connectivity index (χ3n) is 3.25. The molecule has 1 aromatic rings. The Hall–Kier alpha value is -1.76. The number of nitrogens with one attached hydrogen (secondary N) is 1. The normalized spacial score (nSPS) is 19.6. The zero-order valence-electron chi connectivity index (χ0n) is 12.6. The Labute approximate surface area is 130 Å². The Balaban J connectivity index is 1.78. The SMILES string of the molecule is CCCOc1cccc(OCC(=O)NC2CCS(=O)(=O)C2)c1. The highest BCUT2D eigenvalue weighted by atomic mass is 32.2. The van der Waals surface area contributed by atoms with E-state index in [0.717, 1.165) is 6.42 Å². The summed E-state index contributed by atoms with van der Waals surface area (Å²) in [6, 6.07) is 6.78. The van der Waals surface area contributed by atoms with Gasteiger partial charge in [0.2, 0.25) is 0 Å². The van der Waals surface area contributed by atoms with Crippen LogP contribution in [-0.4, -0.2) is 45.1 Å². The van der Waals surface area contributed by atoms with Crippen LogP contribution in [0, 0.1) is 0 Å². The summed E-state index contributed by atoms with van der Waals surface area (Å²) in [6.45, 7) is 2.50. The fraction of sp³-hybridized carbons (Fsp3) is 0.533. The topological polar surface area (TPSA) is 81.7 Å². The van der Waals surface area contributed by atoms with E-state index in [4.69, 9.17) is 9.47 Å². The molecule has 0 aliphatic carbocycles. The molecule has 0 radical (unpaired) electrons. The van der Waals surface area contributed by atoms with E-state index in [1.54, 1.807) is 18.2 Å². The van der Waals surface area contributed by atoms with Crippen molar-refractivity contribution in [2.24, 2.45) is 0 Å². The smallest absolute Gasteiger partial charge is 0.258 e. The molecule has 0 spiro atoms. The minimum atomic E-state index is -2.99. The molecular formula is C15H21NO5S. The number of carbonyl (C=O) groups excluding carboxylic acids is 1. The highest BCUT2D eigenvalue weighted by molar-refractivity contribution is 7.91. The summed E-state index contributed by atoms with van der Waals surface area (Å²) in [5, 5.41) is 2.68. The zero-order chi connectivity index (χ0) is 16.0. The molecule has 1 unspecified atom stereocenters. The first kappa shape index (κ1) is 16.6. The maximum absolute atomic E-state index is 11.8. The summed E-state index contributed by atoms with van der Waals surface area (Å²) in [5.74, 6) is 1.07. The molecule has 1 heterocycles. The first-order valence-corrected chi connectivity index (χ1v) is 9.16.